The number of benzene rings is 1. The quantitative estimate of drug-likeness (QED) is 0.631. The van der Waals surface area contributed by atoms with Crippen molar-refractivity contribution in [3.63, 3.8) is 0 Å². The van der Waals surface area contributed by atoms with E-state index in [0.717, 1.165) is 9.35 Å². The van der Waals surface area contributed by atoms with Gasteiger partial charge in [0.05, 0.1) is 9.90 Å². The molecule has 1 aromatic carbocycles. The first-order valence-corrected chi connectivity index (χ1v) is 7.88. The molecule has 0 aliphatic carbocycles. The summed E-state index contributed by atoms with van der Waals surface area (Å²) in [7, 11) is 0. The van der Waals surface area contributed by atoms with E-state index < -0.39 is 0 Å². The van der Waals surface area contributed by atoms with Crippen molar-refractivity contribution in [2.45, 2.75) is 26.2 Å². The molecule has 0 unspecified atom stereocenters. The number of ketones is 1. The lowest BCUT2D eigenvalue weighted by molar-refractivity contribution is 0.104. The Balaban J connectivity index is 2.39. The molecule has 0 saturated carbocycles. The molecule has 2 rings (SSSR count). The molecule has 0 bridgehead atoms. The van der Waals surface area contributed by atoms with Crippen LogP contribution in [0.1, 0.15) is 40.9 Å². The first-order valence-electron chi connectivity index (χ1n) is 5.89. The van der Waals surface area contributed by atoms with Crippen LogP contribution >= 0.6 is 38.9 Å². The highest BCUT2D eigenvalue weighted by atomic mass is 79.9. The Morgan fingerprint density at radius 3 is 2.47 bits per heavy atom. The smallest absolute Gasteiger partial charge is 0.204 e. The Bertz CT molecular complexity index is 625. The predicted molar refractivity (Wildman–Crippen MR) is 85.6 cm³/mol. The van der Waals surface area contributed by atoms with E-state index in [4.69, 9.17) is 11.6 Å². The van der Waals surface area contributed by atoms with Gasteiger partial charge < -0.3 is 0 Å². The minimum atomic E-state index is -0.0215. The molecule has 0 saturated heterocycles. The molecule has 0 atom stereocenters. The molecule has 19 heavy (non-hydrogen) atoms. The van der Waals surface area contributed by atoms with Crippen molar-refractivity contribution in [2.75, 3.05) is 0 Å². The van der Waals surface area contributed by atoms with E-state index in [9.17, 15) is 4.79 Å². The van der Waals surface area contributed by atoms with Crippen LogP contribution in [0.2, 0.25) is 5.02 Å². The van der Waals surface area contributed by atoms with Crippen molar-refractivity contribution in [1.29, 1.82) is 0 Å². The zero-order chi connectivity index (χ0) is 14.2. The third-order valence-electron chi connectivity index (χ3n) is 2.74. The molecule has 0 aliphatic rings. The first-order chi connectivity index (χ1) is 8.79. The minimum absolute atomic E-state index is 0.0215. The SMILES string of the molecule is CC(C)(C)c1ccc(C(=O)c2cc(Br)ccc2Cl)s1. The molecular weight excluding hydrogens is 344 g/mol. The van der Waals surface area contributed by atoms with Gasteiger partial charge in [0.15, 0.2) is 0 Å². The lowest BCUT2D eigenvalue weighted by atomic mass is 9.95. The normalized spacial score (nSPS) is 11.6. The molecule has 4 heteroatoms. The Morgan fingerprint density at radius 2 is 1.89 bits per heavy atom. The maximum absolute atomic E-state index is 12.5. The molecular formula is C15H14BrClOS. The molecule has 0 N–H and O–H groups in total. The molecule has 1 aromatic heterocycles. The Morgan fingerprint density at radius 1 is 1.21 bits per heavy atom. The fourth-order valence-corrected chi connectivity index (χ4v) is 3.25. The highest BCUT2D eigenvalue weighted by Crippen LogP contribution is 2.32. The lowest BCUT2D eigenvalue weighted by Gasteiger charge is -2.15. The van der Waals surface area contributed by atoms with Gasteiger partial charge in [0.25, 0.3) is 0 Å². The van der Waals surface area contributed by atoms with Gasteiger partial charge in [-0.05, 0) is 35.7 Å². The van der Waals surface area contributed by atoms with Crippen LogP contribution in [-0.2, 0) is 5.41 Å². The maximum Gasteiger partial charge on any atom is 0.204 e. The predicted octanol–water partition coefficient (Wildman–Crippen LogP) is 5.69. The van der Waals surface area contributed by atoms with Crippen LogP contribution in [0.4, 0.5) is 0 Å². The van der Waals surface area contributed by atoms with Gasteiger partial charge in [-0.1, -0.05) is 48.3 Å². The van der Waals surface area contributed by atoms with Crippen molar-refractivity contribution in [1.82, 2.24) is 0 Å². The Hall–Kier alpha value is -0.640. The average molecular weight is 358 g/mol. The average Bonchev–Trinajstić information content (AvgIpc) is 2.80. The van der Waals surface area contributed by atoms with Crippen molar-refractivity contribution in [3.8, 4) is 0 Å². The standard InChI is InChI=1S/C15H14BrClOS/c1-15(2,3)13-7-6-12(19-13)14(18)10-8-9(16)4-5-11(10)17/h4-8H,1-3H3. The van der Waals surface area contributed by atoms with Crippen molar-refractivity contribution < 1.29 is 4.79 Å². The summed E-state index contributed by atoms with van der Waals surface area (Å²) in [6.45, 7) is 6.41. The second-order valence-electron chi connectivity index (χ2n) is 5.37. The molecule has 2 aromatic rings. The number of carbonyl (C=O) groups is 1. The molecule has 0 radical (unpaired) electrons. The molecule has 0 spiro atoms. The monoisotopic (exact) mass is 356 g/mol. The summed E-state index contributed by atoms with van der Waals surface area (Å²) in [6, 6.07) is 9.22. The van der Waals surface area contributed by atoms with Crippen LogP contribution in [-0.4, -0.2) is 5.78 Å². The summed E-state index contributed by atoms with van der Waals surface area (Å²) in [5.41, 5.74) is 0.600. The lowest BCUT2D eigenvalue weighted by Crippen LogP contribution is -2.08. The van der Waals surface area contributed by atoms with Gasteiger partial charge in [-0.15, -0.1) is 11.3 Å². The zero-order valence-electron chi connectivity index (χ0n) is 11.0. The number of hydrogen-bond acceptors (Lipinski definition) is 2. The third-order valence-corrected chi connectivity index (χ3v) is 5.07. The summed E-state index contributed by atoms with van der Waals surface area (Å²) in [5, 5.41) is 0.485. The number of rotatable bonds is 2. The van der Waals surface area contributed by atoms with Gasteiger partial charge in [-0.3, -0.25) is 4.79 Å². The van der Waals surface area contributed by atoms with E-state index in [1.165, 1.54) is 16.2 Å². The van der Waals surface area contributed by atoms with E-state index in [0.29, 0.717) is 10.6 Å². The van der Waals surface area contributed by atoms with Crippen LogP contribution in [0, 0.1) is 0 Å². The topological polar surface area (TPSA) is 17.1 Å². The second-order valence-corrected chi connectivity index (χ2v) is 7.77. The van der Waals surface area contributed by atoms with Crippen LogP contribution in [0.5, 0.6) is 0 Å². The van der Waals surface area contributed by atoms with E-state index >= 15 is 0 Å². The fourth-order valence-electron chi connectivity index (χ4n) is 1.67. The van der Waals surface area contributed by atoms with E-state index in [-0.39, 0.29) is 11.2 Å². The molecule has 0 amide bonds. The van der Waals surface area contributed by atoms with Gasteiger partial charge in [-0.25, -0.2) is 0 Å². The summed E-state index contributed by atoms with van der Waals surface area (Å²) < 4.78 is 0.854. The van der Waals surface area contributed by atoms with Crippen LogP contribution < -0.4 is 0 Å². The van der Waals surface area contributed by atoms with E-state index in [1.54, 1.807) is 12.1 Å². The maximum atomic E-state index is 12.5. The zero-order valence-corrected chi connectivity index (χ0v) is 14.1. The number of halogens is 2. The molecule has 0 aliphatic heterocycles. The number of hydrogen-bond donors (Lipinski definition) is 0. The third kappa shape index (κ3) is 3.28. The van der Waals surface area contributed by atoms with Crippen LogP contribution in [0.25, 0.3) is 0 Å². The highest BCUT2D eigenvalue weighted by Gasteiger charge is 2.20. The second kappa shape index (κ2) is 5.39. The van der Waals surface area contributed by atoms with E-state index in [1.807, 2.05) is 18.2 Å². The fraction of sp³-hybridized carbons (Fsp3) is 0.267. The summed E-state index contributed by atoms with van der Waals surface area (Å²) in [5.74, 6) is -0.0215. The molecule has 1 heterocycles. The van der Waals surface area contributed by atoms with E-state index in [2.05, 4.69) is 36.7 Å². The Kier molecular flexibility index (Phi) is 4.19. The molecule has 100 valence electrons. The number of carbonyl (C=O) groups excluding carboxylic acids is 1. The van der Waals surface area contributed by atoms with Gasteiger partial charge >= 0.3 is 0 Å². The van der Waals surface area contributed by atoms with Crippen molar-refractivity contribution in [3.05, 3.63) is 55.1 Å². The summed E-state index contributed by atoms with van der Waals surface area (Å²) >= 11 is 11.0. The molecule has 0 fully saturated rings. The van der Waals surface area contributed by atoms with Gasteiger partial charge in [-0.2, -0.15) is 0 Å². The summed E-state index contributed by atoms with van der Waals surface area (Å²) in [4.78, 5) is 14.4. The summed E-state index contributed by atoms with van der Waals surface area (Å²) in [6.07, 6.45) is 0. The van der Waals surface area contributed by atoms with Crippen LogP contribution in [0.3, 0.4) is 0 Å². The van der Waals surface area contributed by atoms with Gasteiger partial charge in [0, 0.05) is 14.9 Å². The largest absolute Gasteiger partial charge is 0.288 e. The van der Waals surface area contributed by atoms with Gasteiger partial charge in [0.2, 0.25) is 5.78 Å². The van der Waals surface area contributed by atoms with Crippen molar-refractivity contribution in [2.24, 2.45) is 0 Å². The van der Waals surface area contributed by atoms with Gasteiger partial charge in [0.1, 0.15) is 0 Å². The highest BCUT2D eigenvalue weighted by molar-refractivity contribution is 9.10. The Labute approximate surface area is 130 Å². The molecule has 1 nitrogen and oxygen atoms in total. The minimum Gasteiger partial charge on any atom is -0.288 e. The first kappa shape index (κ1) is 14.8. The van der Waals surface area contributed by atoms with Crippen LogP contribution in [0.15, 0.2) is 34.8 Å². The number of thiophene rings is 1. The van der Waals surface area contributed by atoms with Crippen molar-refractivity contribution >= 4 is 44.7 Å².